The van der Waals surface area contributed by atoms with Gasteiger partial charge in [-0.2, -0.15) is 0 Å². The SMILES string of the molecule is O=C1CN(CC2(c3ccc(N4CC(CNC(=O)c5ccc(Cl)s5)OC4=O)cc3)CC2)CCN1. The van der Waals surface area contributed by atoms with Crippen molar-refractivity contribution in [1.29, 1.82) is 0 Å². The molecule has 3 fully saturated rings. The standard InChI is InChI=1S/C23H25ClN4O4S/c24-19-6-5-18(33-19)21(30)26-11-17-12-28(22(31)32-17)16-3-1-15(2-4-16)23(7-8-23)14-27-10-9-25-20(29)13-27/h1-6,17H,7-14H2,(H,25,29)(H,26,30). The Balaban J connectivity index is 1.17. The fourth-order valence-corrected chi connectivity index (χ4v) is 5.47. The van der Waals surface area contributed by atoms with E-state index in [0.717, 1.165) is 31.6 Å². The lowest BCUT2D eigenvalue weighted by Gasteiger charge is -2.30. The number of carbonyl (C=O) groups is 3. The average Bonchev–Trinajstić information content (AvgIpc) is 3.28. The van der Waals surface area contributed by atoms with Gasteiger partial charge in [0.2, 0.25) is 5.91 Å². The first kappa shape index (κ1) is 22.2. The van der Waals surface area contributed by atoms with Gasteiger partial charge in [0, 0.05) is 30.7 Å². The predicted molar refractivity (Wildman–Crippen MR) is 126 cm³/mol. The smallest absolute Gasteiger partial charge is 0.414 e. The molecule has 2 saturated heterocycles. The summed E-state index contributed by atoms with van der Waals surface area (Å²) < 4.78 is 6.00. The third-order valence-electron chi connectivity index (χ3n) is 6.45. The second kappa shape index (κ2) is 8.96. The lowest BCUT2D eigenvalue weighted by Crippen LogP contribution is -2.49. The molecule has 2 aromatic rings. The molecule has 0 bridgehead atoms. The molecule has 3 amide bonds. The summed E-state index contributed by atoms with van der Waals surface area (Å²) in [7, 11) is 0. The Morgan fingerprint density at radius 3 is 2.67 bits per heavy atom. The molecule has 3 heterocycles. The Morgan fingerprint density at radius 2 is 2.00 bits per heavy atom. The second-order valence-corrected chi connectivity index (χ2v) is 10.5. The van der Waals surface area contributed by atoms with Gasteiger partial charge in [-0.25, -0.2) is 4.79 Å². The molecule has 1 atom stereocenters. The molecule has 2 N–H and O–H groups in total. The van der Waals surface area contributed by atoms with Crippen LogP contribution in [0.15, 0.2) is 36.4 Å². The zero-order valence-corrected chi connectivity index (χ0v) is 19.6. The van der Waals surface area contributed by atoms with Crippen molar-refractivity contribution in [3.63, 3.8) is 0 Å². The lowest BCUT2D eigenvalue weighted by molar-refractivity contribution is -0.124. The van der Waals surface area contributed by atoms with Gasteiger partial charge >= 0.3 is 6.09 Å². The Morgan fingerprint density at radius 1 is 1.21 bits per heavy atom. The van der Waals surface area contributed by atoms with Crippen molar-refractivity contribution < 1.29 is 19.1 Å². The van der Waals surface area contributed by atoms with Crippen molar-refractivity contribution in [2.75, 3.05) is 44.2 Å². The van der Waals surface area contributed by atoms with Gasteiger partial charge in [0.25, 0.3) is 5.91 Å². The van der Waals surface area contributed by atoms with Crippen molar-refractivity contribution in [3.8, 4) is 0 Å². The average molecular weight is 489 g/mol. The van der Waals surface area contributed by atoms with Gasteiger partial charge in [-0.05, 0) is 42.7 Å². The number of piperazine rings is 1. The van der Waals surface area contributed by atoms with E-state index in [4.69, 9.17) is 16.3 Å². The Kier molecular flexibility index (Phi) is 6.03. The fraction of sp³-hybridized carbons (Fsp3) is 0.435. The van der Waals surface area contributed by atoms with Crippen LogP contribution in [0.5, 0.6) is 0 Å². The predicted octanol–water partition coefficient (Wildman–Crippen LogP) is 2.62. The van der Waals surface area contributed by atoms with Crippen LogP contribution >= 0.6 is 22.9 Å². The Hall–Kier alpha value is -2.62. The zero-order chi connectivity index (χ0) is 23.0. The highest BCUT2D eigenvalue weighted by atomic mass is 35.5. The van der Waals surface area contributed by atoms with Crippen molar-refractivity contribution in [2.24, 2.45) is 0 Å². The van der Waals surface area contributed by atoms with Crippen molar-refractivity contribution in [2.45, 2.75) is 24.4 Å². The van der Waals surface area contributed by atoms with E-state index in [9.17, 15) is 14.4 Å². The molecule has 0 spiro atoms. The van der Waals surface area contributed by atoms with Crippen LogP contribution in [0, 0.1) is 0 Å². The molecule has 1 aliphatic carbocycles. The molecule has 2 aliphatic heterocycles. The Bertz CT molecular complexity index is 1070. The van der Waals surface area contributed by atoms with Crippen LogP contribution in [0.3, 0.4) is 0 Å². The van der Waals surface area contributed by atoms with E-state index in [0.29, 0.717) is 28.8 Å². The van der Waals surface area contributed by atoms with Crippen molar-refractivity contribution >= 4 is 46.5 Å². The number of rotatable bonds is 7. The van der Waals surface area contributed by atoms with Crippen LogP contribution in [-0.4, -0.2) is 68.2 Å². The van der Waals surface area contributed by atoms with Crippen LogP contribution in [0.2, 0.25) is 4.34 Å². The highest BCUT2D eigenvalue weighted by Crippen LogP contribution is 2.49. The fourth-order valence-electron chi connectivity index (χ4n) is 4.51. The number of nitrogens with zero attached hydrogens (tertiary/aromatic N) is 2. The number of cyclic esters (lactones) is 1. The van der Waals surface area contributed by atoms with Gasteiger partial charge < -0.3 is 15.4 Å². The van der Waals surface area contributed by atoms with E-state index < -0.39 is 12.2 Å². The molecule has 1 unspecified atom stereocenters. The van der Waals surface area contributed by atoms with E-state index in [-0.39, 0.29) is 23.8 Å². The maximum Gasteiger partial charge on any atom is 0.414 e. The summed E-state index contributed by atoms with van der Waals surface area (Å²) in [6.45, 7) is 3.52. The van der Waals surface area contributed by atoms with E-state index >= 15 is 0 Å². The minimum absolute atomic E-state index is 0.0878. The molecule has 174 valence electrons. The second-order valence-electron chi connectivity index (χ2n) is 8.82. The molecule has 1 saturated carbocycles. The van der Waals surface area contributed by atoms with Crippen LogP contribution in [0.4, 0.5) is 10.5 Å². The maximum absolute atomic E-state index is 12.4. The molecular formula is C23H25ClN4O4S. The number of hydrogen-bond acceptors (Lipinski definition) is 6. The number of anilines is 1. The molecule has 5 rings (SSSR count). The number of benzene rings is 1. The number of hydrogen-bond donors (Lipinski definition) is 2. The topological polar surface area (TPSA) is 91.0 Å². The van der Waals surface area contributed by atoms with Gasteiger partial charge in [-0.1, -0.05) is 23.7 Å². The van der Waals surface area contributed by atoms with Crippen LogP contribution in [0.25, 0.3) is 0 Å². The largest absolute Gasteiger partial charge is 0.442 e. The first-order valence-corrected chi connectivity index (χ1v) is 12.2. The molecule has 8 nitrogen and oxygen atoms in total. The first-order chi connectivity index (χ1) is 15.9. The third-order valence-corrected chi connectivity index (χ3v) is 7.68. The highest BCUT2D eigenvalue weighted by molar-refractivity contribution is 7.18. The molecular weight excluding hydrogens is 464 g/mol. The van der Waals surface area contributed by atoms with Crippen molar-refractivity contribution in [3.05, 3.63) is 51.2 Å². The van der Waals surface area contributed by atoms with E-state index in [2.05, 4.69) is 27.7 Å². The van der Waals surface area contributed by atoms with E-state index in [1.54, 1.807) is 17.0 Å². The van der Waals surface area contributed by atoms with Gasteiger partial charge in [0.15, 0.2) is 0 Å². The van der Waals surface area contributed by atoms with Gasteiger partial charge in [-0.15, -0.1) is 11.3 Å². The minimum atomic E-state index is -0.420. The zero-order valence-electron chi connectivity index (χ0n) is 18.0. The van der Waals surface area contributed by atoms with Crippen LogP contribution < -0.4 is 15.5 Å². The van der Waals surface area contributed by atoms with Gasteiger partial charge in [0.05, 0.1) is 28.8 Å². The molecule has 3 aliphatic rings. The summed E-state index contributed by atoms with van der Waals surface area (Å²) in [5.74, 6) is -0.142. The van der Waals surface area contributed by atoms with E-state index in [1.807, 2.05) is 12.1 Å². The molecule has 1 aromatic heterocycles. The summed E-state index contributed by atoms with van der Waals surface area (Å²) in [5, 5.41) is 5.67. The molecule has 33 heavy (non-hydrogen) atoms. The quantitative estimate of drug-likeness (QED) is 0.625. The number of ether oxygens (including phenoxy) is 1. The van der Waals surface area contributed by atoms with Gasteiger partial charge in [0.1, 0.15) is 6.10 Å². The normalized spacial score (nSPS) is 22.1. The lowest BCUT2D eigenvalue weighted by atomic mass is 9.94. The van der Waals surface area contributed by atoms with E-state index in [1.165, 1.54) is 16.9 Å². The summed E-state index contributed by atoms with van der Waals surface area (Å²) in [6.07, 6.45) is 1.37. The summed E-state index contributed by atoms with van der Waals surface area (Å²) in [6, 6.07) is 11.4. The van der Waals surface area contributed by atoms with Crippen molar-refractivity contribution in [1.82, 2.24) is 15.5 Å². The minimum Gasteiger partial charge on any atom is -0.442 e. The summed E-state index contributed by atoms with van der Waals surface area (Å²) in [4.78, 5) is 40.7. The first-order valence-electron chi connectivity index (χ1n) is 11.0. The number of thiophene rings is 1. The number of carbonyl (C=O) groups excluding carboxylic acids is 3. The molecule has 10 heteroatoms. The molecule has 1 aromatic carbocycles. The number of amides is 3. The third kappa shape index (κ3) is 4.85. The summed E-state index contributed by atoms with van der Waals surface area (Å²) >= 11 is 7.09. The Labute approximate surface area is 200 Å². The highest BCUT2D eigenvalue weighted by Gasteiger charge is 2.46. The summed E-state index contributed by atoms with van der Waals surface area (Å²) in [5.41, 5.74) is 2.11. The molecule has 0 radical (unpaired) electrons. The monoisotopic (exact) mass is 488 g/mol. The maximum atomic E-state index is 12.4. The van der Waals surface area contributed by atoms with Crippen LogP contribution in [0.1, 0.15) is 28.1 Å². The van der Waals surface area contributed by atoms with Gasteiger partial charge in [-0.3, -0.25) is 19.4 Å². The number of nitrogens with one attached hydrogen (secondary N) is 2. The van der Waals surface area contributed by atoms with Crippen LogP contribution in [-0.2, 0) is 14.9 Å². The number of halogens is 1.